The summed E-state index contributed by atoms with van der Waals surface area (Å²) >= 11 is 0. The van der Waals surface area contributed by atoms with Crippen LogP contribution in [0, 0.1) is 0 Å². The fraction of sp³-hybridized carbons (Fsp3) is 0.500. The second kappa shape index (κ2) is 2.62. The third kappa shape index (κ3) is 1.47. The Morgan fingerprint density at radius 2 is 2.17 bits per heavy atom. The van der Waals surface area contributed by atoms with Crippen molar-refractivity contribution < 1.29 is 9.32 Å². The van der Waals surface area contributed by atoms with Gasteiger partial charge in [-0.05, 0) is 5.41 Å². The molecule has 66 valence electrons. The van der Waals surface area contributed by atoms with Crippen molar-refractivity contribution in [2.75, 3.05) is 0 Å². The van der Waals surface area contributed by atoms with Crippen molar-refractivity contribution in [3.63, 3.8) is 0 Å². The minimum absolute atomic E-state index is 0.155. The van der Waals surface area contributed by atoms with Crippen LogP contribution in [-0.4, -0.2) is 11.1 Å². The van der Waals surface area contributed by atoms with Gasteiger partial charge in [-0.25, -0.2) is 0 Å². The lowest BCUT2D eigenvalue weighted by Crippen LogP contribution is -2.19. The van der Waals surface area contributed by atoms with E-state index in [0.29, 0.717) is 0 Å². The number of carbonyl (C=O) groups excluding carboxylic acids is 1. The second-order valence-electron chi connectivity index (χ2n) is 3.68. The Morgan fingerprint density at radius 1 is 1.58 bits per heavy atom. The molecule has 4 heteroatoms. The molecular formula is C8H12N2O2. The summed E-state index contributed by atoms with van der Waals surface area (Å²) in [5.41, 5.74) is 5.67. The van der Waals surface area contributed by atoms with Gasteiger partial charge in [-0.1, -0.05) is 25.9 Å². The molecule has 0 aromatic carbocycles. The smallest absolute Gasteiger partial charge is 0.287 e. The fourth-order valence-corrected chi connectivity index (χ4v) is 0.952. The average Bonchev–Trinajstić information content (AvgIpc) is 2.30. The molecule has 0 unspecified atom stereocenters. The van der Waals surface area contributed by atoms with Gasteiger partial charge in [-0.2, -0.15) is 0 Å². The van der Waals surface area contributed by atoms with E-state index < -0.39 is 5.91 Å². The van der Waals surface area contributed by atoms with Crippen LogP contribution in [0.3, 0.4) is 0 Å². The van der Waals surface area contributed by atoms with Crippen molar-refractivity contribution in [2.24, 2.45) is 5.73 Å². The summed E-state index contributed by atoms with van der Waals surface area (Å²) in [6, 6.07) is 0. The minimum Gasteiger partial charge on any atom is -0.363 e. The van der Waals surface area contributed by atoms with Gasteiger partial charge >= 0.3 is 0 Å². The summed E-state index contributed by atoms with van der Waals surface area (Å²) in [7, 11) is 0. The molecular weight excluding hydrogens is 156 g/mol. The highest BCUT2D eigenvalue weighted by atomic mass is 16.5. The van der Waals surface area contributed by atoms with Crippen LogP contribution in [0.15, 0.2) is 10.7 Å². The summed E-state index contributed by atoms with van der Waals surface area (Å²) in [5.74, 6) is -0.417. The van der Waals surface area contributed by atoms with Crippen molar-refractivity contribution in [3.05, 3.63) is 17.5 Å². The molecule has 12 heavy (non-hydrogen) atoms. The average molecular weight is 168 g/mol. The van der Waals surface area contributed by atoms with Gasteiger partial charge in [-0.15, -0.1) is 0 Å². The van der Waals surface area contributed by atoms with Gasteiger partial charge in [0.2, 0.25) is 5.76 Å². The number of nitrogens with zero attached hydrogens (tertiary/aromatic N) is 1. The van der Waals surface area contributed by atoms with E-state index in [1.54, 1.807) is 0 Å². The highest BCUT2D eigenvalue weighted by Crippen LogP contribution is 2.24. The Labute approximate surface area is 70.7 Å². The molecule has 1 aromatic rings. The lowest BCUT2D eigenvalue weighted by Gasteiger charge is -2.15. The van der Waals surface area contributed by atoms with Crippen LogP contribution in [0.2, 0.25) is 0 Å². The molecule has 0 aliphatic rings. The van der Waals surface area contributed by atoms with E-state index in [9.17, 15) is 4.79 Å². The SMILES string of the molecule is CC(C)(C)c1cnoc1C(N)=O. The van der Waals surface area contributed by atoms with Crippen molar-refractivity contribution in [1.82, 2.24) is 5.16 Å². The molecule has 1 aromatic heterocycles. The summed E-state index contributed by atoms with van der Waals surface area (Å²) < 4.78 is 4.73. The van der Waals surface area contributed by atoms with Gasteiger partial charge in [-0.3, -0.25) is 4.79 Å². The molecule has 0 spiro atoms. The van der Waals surface area contributed by atoms with E-state index >= 15 is 0 Å². The number of hydrogen-bond donors (Lipinski definition) is 1. The standard InChI is InChI=1S/C8H12N2O2/c1-8(2,3)5-4-10-12-6(5)7(9)11/h4H,1-3H3,(H2,9,11). The fourth-order valence-electron chi connectivity index (χ4n) is 0.952. The van der Waals surface area contributed by atoms with Crippen LogP contribution in [0.5, 0.6) is 0 Å². The van der Waals surface area contributed by atoms with Crippen LogP contribution in [0.4, 0.5) is 0 Å². The Kier molecular flexibility index (Phi) is 1.92. The van der Waals surface area contributed by atoms with E-state index in [-0.39, 0.29) is 11.2 Å². The van der Waals surface area contributed by atoms with Gasteiger partial charge in [0.1, 0.15) is 0 Å². The van der Waals surface area contributed by atoms with Gasteiger partial charge in [0.25, 0.3) is 5.91 Å². The lowest BCUT2D eigenvalue weighted by atomic mass is 9.87. The predicted octanol–water partition coefficient (Wildman–Crippen LogP) is 1.07. The van der Waals surface area contributed by atoms with Gasteiger partial charge < -0.3 is 10.3 Å². The molecule has 0 atom stereocenters. The Hall–Kier alpha value is -1.32. The number of nitrogens with two attached hydrogens (primary N) is 1. The zero-order valence-corrected chi connectivity index (χ0v) is 7.42. The molecule has 0 saturated carbocycles. The first-order valence-corrected chi connectivity index (χ1v) is 3.68. The van der Waals surface area contributed by atoms with Gasteiger partial charge in [0.05, 0.1) is 6.20 Å². The topological polar surface area (TPSA) is 69.1 Å². The maximum Gasteiger partial charge on any atom is 0.287 e. The maximum absolute atomic E-state index is 10.8. The monoisotopic (exact) mass is 168 g/mol. The summed E-state index contributed by atoms with van der Waals surface area (Å²) in [6.07, 6.45) is 1.53. The molecule has 1 heterocycles. The second-order valence-corrected chi connectivity index (χ2v) is 3.68. The predicted molar refractivity (Wildman–Crippen MR) is 43.7 cm³/mol. The van der Waals surface area contributed by atoms with Gasteiger partial charge in [0.15, 0.2) is 0 Å². The number of primary amides is 1. The van der Waals surface area contributed by atoms with Crippen molar-refractivity contribution in [3.8, 4) is 0 Å². The number of carbonyl (C=O) groups is 1. The number of hydrogen-bond acceptors (Lipinski definition) is 3. The first-order valence-electron chi connectivity index (χ1n) is 3.68. The molecule has 1 rings (SSSR count). The molecule has 0 radical (unpaired) electrons. The van der Waals surface area contributed by atoms with Crippen molar-refractivity contribution >= 4 is 5.91 Å². The third-order valence-corrected chi connectivity index (χ3v) is 1.60. The van der Waals surface area contributed by atoms with E-state index in [0.717, 1.165) is 5.56 Å². The summed E-state index contributed by atoms with van der Waals surface area (Å²) in [6.45, 7) is 5.89. The first-order chi connectivity index (χ1) is 5.43. The van der Waals surface area contributed by atoms with E-state index in [4.69, 9.17) is 10.3 Å². The Bertz CT molecular complexity index is 296. The molecule has 4 nitrogen and oxygen atoms in total. The normalized spacial score (nSPS) is 11.6. The third-order valence-electron chi connectivity index (χ3n) is 1.60. The molecule has 0 saturated heterocycles. The highest BCUT2D eigenvalue weighted by Gasteiger charge is 2.24. The zero-order valence-electron chi connectivity index (χ0n) is 7.42. The number of amides is 1. The largest absolute Gasteiger partial charge is 0.363 e. The Morgan fingerprint density at radius 3 is 2.50 bits per heavy atom. The molecule has 2 N–H and O–H groups in total. The quantitative estimate of drug-likeness (QED) is 0.681. The number of aromatic nitrogens is 1. The van der Waals surface area contributed by atoms with Crippen LogP contribution in [0.25, 0.3) is 0 Å². The zero-order chi connectivity index (χ0) is 9.35. The molecule has 1 amide bonds. The van der Waals surface area contributed by atoms with Crippen LogP contribution < -0.4 is 5.73 Å². The van der Waals surface area contributed by atoms with Crippen LogP contribution >= 0.6 is 0 Å². The van der Waals surface area contributed by atoms with Gasteiger partial charge in [0, 0.05) is 5.56 Å². The highest BCUT2D eigenvalue weighted by molar-refractivity contribution is 5.91. The van der Waals surface area contributed by atoms with Crippen molar-refractivity contribution in [2.45, 2.75) is 26.2 Å². The van der Waals surface area contributed by atoms with E-state index in [1.165, 1.54) is 6.20 Å². The molecule has 0 fully saturated rings. The molecule has 0 bridgehead atoms. The maximum atomic E-state index is 10.8. The minimum atomic E-state index is -0.572. The summed E-state index contributed by atoms with van der Waals surface area (Å²) in [4.78, 5) is 10.8. The molecule has 0 aliphatic heterocycles. The van der Waals surface area contributed by atoms with Crippen LogP contribution in [-0.2, 0) is 5.41 Å². The van der Waals surface area contributed by atoms with E-state index in [2.05, 4.69) is 5.16 Å². The lowest BCUT2D eigenvalue weighted by molar-refractivity contribution is 0.0962. The summed E-state index contributed by atoms with van der Waals surface area (Å²) in [5, 5.41) is 3.53. The Balaban J connectivity index is 3.17. The number of rotatable bonds is 1. The van der Waals surface area contributed by atoms with Crippen LogP contribution in [0.1, 0.15) is 36.9 Å². The first kappa shape index (κ1) is 8.77. The van der Waals surface area contributed by atoms with Crippen molar-refractivity contribution in [1.29, 1.82) is 0 Å². The van der Waals surface area contributed by atoms with E-state index in [1.807, 2.05) is 20.8 Å². The molecule has 0 aliphatic carbocycles.